The summed E-state index contributed by atoms with van der Waals surface area (Å²) in [6.45, 7) is 6.79. The molecule has 0 aliphatic heterocycles. The molecular formula is C71H129N2O7P. The zero-order chi connectivity index (χ0) is 59.3. The van der Waals surface area contributed by atoms with Crippen LogP contribution in [-0.2, 0) is 27.9 Å². The number of unbranched alkanes of at least 4 members (excludes halogenated alkanes) is 34. The molecule has 0 aliphatic carbocycles. The lowest BCUT2D eigenvalue weighted by Crippen LogP contribution is -2.47. The standard InChI is InChI=1S/C71H129N2O7P/c1-7-10-13-16-19-22-25-28-30-31-32-33-34-35-36-37-38-39-40-41-43-45-48-51-54-57-60-63-70(74)72-68(67-79-81(76,77)78-66-65-73(4,5)6)69(62-59-56-53-50-47-44-27-24-21-18-15-12-9-3)80-71(75)64-61-58-55-52-49-46-42-29-26-23-20-17-14-11-8-2/h19-20,22-23,26,28-30,32-33,35-36,59,62,68-69H,7-18,21,24-25,27,31,34,37-58,60-61,63-67H2,1-6H3,(H-,72,74,76,77)/b22-19-,23-20+,29-26+,30-28-,33-32-,36-35-,62-59-. The molecule has 81 heavy (non-hydrogen) atoms. The molecule has 0 rings (SSSR count). The SMILES string of the molecule is CCCCC/C=C\C/C=C\C/C=C\C/C=C\CCCCCCCCCCCCCC(=O)NC(COP(=O)([O-])OCC[N+](C)(C)C)C(/C=C\CCCCCCCCCCCCC)OC(=O)CCCCCCCC/C=C/C=C/CCCCC. The molecule has 0 bridgehead atoms. The average Bonchev–Trinajstić information content (AvgIpc) is 3.44. The van der Waals surface area contributed by atoms with Crippen molar-refractivity contribution < 1.29 is 37.3 Å². The minimum Gasteiger partial charge on any atom is -0.756 e. The fourth-order valence-corrected chi connectivity index (χ4v) is 10.3. The smallest absolute Gasteiger partial charge is 0.306 e. The van der Waals surface area contributed by atoms with E-state index < -0.39 is 26.6 Å². The van der Waals surface area contributed by atoms with Gasteiger partial charge in [-0.3, -0.25) is 14.2 Å². The molecule has 0 radical (unpaired) electrons. The van der Waals surface area contributed by atoms with Crippen molar-refractivity contribution in [3.05, 3.63) is 85.1 Å². The fourth-order valence-electron chi connectivity index (χ4n) is 9.56. The van der Waals surface area contributed by atoms with Crippen LogP contribution >= 0.6 is 7.82 Å². The topological polar surface area (TPSA) is 114 Å². The highest BCUT2D eigenvalue weighted by Gasteiger charge is 2.27. The molecule has 9 nitrogen and oxygen atoms in total. The van der Waals surface area contributed by atoms with Crippen molar-refractivity contribution >= 4 is 19.7 Å². The number of esters is 1. The number of amides is 1. The third-order valence-electron chi connectivity index (χ3n) is 14.8. The van der Waals surface area contributed by atoms with Crippen LogP contribution in [0.2, 0.25) is 0 Å². The number of hydrogen-bond donors (Lipinski definition) is 1. The lowest BCUT2D eigenvalue weighted by molar-refractivity contribution is -0.870. The van der Waals surface area contributed by atoms with Crippen molar-refractivity contribution in [3.8, 4) is 0 Å². The van der Waals surface area contributed by atoms with Gasteiger partial charge in [0.1, 0.15) is 19.3 Å². The Balaban J connectivity index is 5.11. The number of hydrogen-bond acceptors (Lipinski definition) is 7. The Morgan fingerprint density at radius 1 is 0.444 bits per heavy atom. The molecule has 1 N–H and O–H groups in total. The first kappa shape index (κ1) is 78.2. The zero-order valence-electron chi connectivity index (χ0n) is 53.7. The molecule has 0 aliphatic rings. The minimum absolute atomic E-state index is 0.0275. The Bertz CT molecular complexity index is 1660. The second-order valence-electron chi connectivity index (χ2n) is 24.0. The van der Waals surface area contributed by atoms with E-state index in [1.54, 1.807) is 0 Å². The van der Waals surface area contributed by atoms with Gasteiger partial charge in [-0.2, -0.15) is 0 Å². The summed E-state index contributed by atoms with van der Waals surface area (Å²) < 4.78 is 30.4. The van der Waals surface area contributed by atoms with Crippen LogP contribution in [-0.4, -0.2) is 69.4 Å². The molecular weight excluding hydrogens is 1020 g/mol. The maximum atomic E-state index is 13.6. The molecule has 0 aromatic rings. The van der Waals surface area contributed by atoms with E-state index in [4.69, 9.17) is 13.8 Å². The Morgan fingerprint density at radius 3 is 1.22 bits per heavy atom. The van der Waals surface area contributed by atoms with Crippen LogP contribution in [0.4, 0.5) is 0 Å². The molecule has 0 spiro atoms. The minimum atomic E-state index is -4.71. The van der Waals surface area contributed by atoms with Gasteiger partial charge in [0.05, 0.1) is 33.8 Å². The highest BCUT2D eigenvalue weighted by molar-refractivity contribution is 7.45. The van der Waals surface area contributed by atoms with E-state index in [1.165, 1.54) is 161 Å². The summed E-state index contributed by atoms with van der Waals surface area (Å²) in [5.74, 6) is -0.554. The Labute approximate surface area is 501 Å². The molecule has 0 saturated heterocycles. The van der Waals surface area contributed by atoms with Crippen LogP contribution in [0.15, 0.2) is 85.1 Å². The third kappa shape index (κ3) is 61.6. The van der Waals surface area contributed by atoms with Crippen LogP contribution in [0.3, 0.4) is 0 Å². The van der Waals surface area contributed by atoms with Gasteiger partial charge < -0.3 is 28.5 Å². The lowest BCUT2D eigenvalue weighted by atomic mass is 10.0. The van der Waals surface area contributed by atoms with Crippen LogP contribution in [0.5, 0.6) is 0 Å². The first-order chi connectivity index (χ1) is 39.4. The average molecular weight is 1150 g/mol. The van der Waals surface area contributed by atoms with E-state index in [9.17, 15) is 19.0 Å². The van der Waals surface area contributed by atoms with Crippen molar-refractivity contribution in [1.29, 1.82) is 0 Å². The summed E-state index contributed by atoms with van der Waals surface area (Å²) >= 11 is 0. The molecule has 3 atom stereocenters. The molecule has 0 aromatic heterocycles. The first-order valence-corrected chi connectivity index (χ1v) is 35.4. The largest absolute Gasteiger partial charge is 0.756 e. The molecule has 0 heterocycles. The number of quaternary nitrogens is 1. The molecule has 0 saturated carbocycles. The van der Waals surface area contributed by atoms with Crippen molar-refractivity contribution in [2.24, 2.45) is 0 Å². The Kier molecular flexibility index (Phi) is 58.2. The van der Waals surface area contributed by atoms with Crippen LogP contribution in [0, 0.1) is 0 Å². The Morgan fingerprint density at radius 2 is 0.790 bits per heavy atom. The van der Waals surface area contributed by atoms with Crippen molar-refractivity contribution in [2.75, 3.05) is 40.9 Å². The number of ether oxygens (including phenoxy) is 1. The quantitative estimate of drug-likeness (QED) is 0.0161. The lowest BCUT2D eigenvalue weighted by Gasteiger charge is -2.30. The molecule has 10 heteroatoms. The van der Waals surface area contributed by atoms with E-state index in [-0.39, 0.29) is 24.9 Å². The van der Waals surface area contributed by atoms with Crippen molar-refractivity contribution in [1.82, 2.24) is 5.32 Å². The molecule has 0 fully saturated rings. The Hall–Kier alpha value is -2.81. The number of phosphoric ester groups is 1. The van der Waals surface area contributed by atoms with Gasteiger partial charge in [-0.25, -0.2) is 0 Å². The van der Waals surface area contributed by atoms with Gasteiger partial charge in [0.25, 0.3) is 7.82 Å². The highest BCUT2D eigenvalue weighted by atomic mass is 31.2. The van der Waals surface area contributed by atoms with Crippen molar-refractivity contribution in [2.45, 2.75) is 315 Å². The third-order valence-corrected chi connectivity index (χ3v) is 15.8. The number of likely N-dealkylation sites (N-methyl/N-ethyl adjacent to an activating group) is 1. The zero-order valence-corrected chi connectivity index (χ0v) is 54.6. The van der Waals surface area contributed by atoms with Crippen LogP contribution < -0.4 is 10.2 Å². The van der Waals surface area contributed by atoms with E-state index in [2.05, 4.69) is 99.0 Å². The number of carbonyl (C=O) groups excluding carboxylic acids is 2. The summed E-state index contributed by atoms with van der Waals surface area (Å²) in [5, 5.41) is 3.03. The predicted molar refractivity (Wildman–Crippen MR) is 348 cm³/mol. The summed E-state index contributed by atoms with van der Waals surface area (Å²) in [7, 11) is 1.17. The number of allylic oxidation sites excluding steroid dienone is 13. The highest BCUT2D eigenvalue weighted by Crippen LogP contribution is 2.38. The van der Waals surface area contributed by atoms with Gasteiger partial charge in [0.2, 0.25) is 5.91 Å². The van der Waals surface area contributed by atoms with Gasteiger partial charge in [0.15, 0.2) is 0 Å². The summed E-state index contributed by atoms with van der Waals surface area (Å²) in [6, 6.07) is -0.899. The van der Waals surface area contributed by atoms with Gasteiger partial charge >= 0.3 is 5.97 Å². The maximum Gasteiger partial charge on any atom is 0.306 e. The normalized spacial score (nSPS) is 14.1. The van der Waals surface area contributed by atoms with Crippen molar-refractivity contribution in [3.63, 3.8) is 0 Å². The van der Waals surface area contributed by atoms with E-state index in [0.29, 0.717) is 23.9 Å². The van der Waals surface area contributed by atoms with E-state index >= 15 is 0 Å². The summed E-state index contributed by atoms with van der Waals surface area (Å²) in [4.78, 5) is 40.1. The first-order valence-electron chi connectivity index (χ1n) is 33.9. The van der Waals surface area contributed by atoms with E-state index in [1.807, 2.05) is 33.3 Å². The second kappa shape index (κ2) is 60.3. The van der Waals surface area contributed by atoms with E-state index in [0.717, 1.165) is 103 Å². The number of phosphoric acid groups is 1. The fraction of sp³-hybridized carbons (Fsp3) is 0.775. The molecule has 3 unspecified atom stereocenters. The van der Waals surface area contributed by atoms with Crippen LogP contribution in [0.1, 0.15) is 303 Å². The monoisotopic (exact) mass is 1150 g/mol. The summed E-state index contributed by atoms with van der Waals surface area (Å²) in [5.41, 5.74) is 0. The number of nitrogens with one attached hydrogen (secondary N) is 1. The molecule has 0 aromatic carbocycles. The number of nitrogens with zero attached hydrogens (tertiary/aromatic N) is 1. The van der Waals surface area contributed by atoms with Crippen LogP contribution in [0.25, 0.3) is 0 Å². The molecule has 470 valence electrons. The van der Waals surface area contributed by atoms with Gasteiger partial charge in [-0.15, -0.1) is 0 Å². The number of rotatable bonds is 61. The predicted octanol–water partition coefficient (Wildman–Crippen LogP) is 20.7. The molecule has 1 amide bonds. The van der Waals surface area contributed by atoms with Gasteiger partial charge in [-0.05, 0) is 102 Å². The second-order valence-corrected chi connectivity index (χ2v) is 25.4. The summed E-state index contributed by atoms with van der Waals surface area (Å²) in [6.07, 6.45) is 79.8. The van der Waals surface area contributed by atoms with Gasteiger partial charge in [0, 0.05) is 12.8 Å². The maximum absolute atomic E-state index is 13.6. The van der Waals surface area contributed by atoms with Gasteiger partial charge in [-0.1, -0.05) is 273 Å². The number of carbonyl (C=O) groups is 2.